The maximum absolute atomic E-state index is 5.56. The van der Waals surface area contributed by atoms with Crippen molar-refractivity contribution < 1.29 is 0 Å². The van der Waals surface area contributed by atoms with Crippen LogP contribution in [-0.2, 0) is 0 Å². The molecule has 1 unspecified atom stereocenters. The van der Waals surface area contributed by atoms with Crippen LogP contribution in [-0.4, -0.2) is 12.6 Å². The van der Waals surface area contributed by atoms with Gasteiger partial charge in [-0.25, -0.2) is 0 Å². The summed E-state index contributed by atoms with van der Waals surface area (Å²) < 4.78 is 0. The van der Waals surface area contributed by atoms with Crippen molar-refractivity contribution >= 4 is 0 Å². The van der Waals surface area contributed by atoms with Gasteiger partial charge in [-0.05, 0) is 13.0 Å². The molecule has 0 amide bonds. The molecule has 0 fully saturated rings. The summed E-state index contributed by atoms with van der Waals surface area (Å²) in [6.45, 7) is 4.16. The molecule has 0 aliphatic heterocycles. The summed E-state index contributed by atoms with van der Waals surface area (Å²) >= 11 is 0. The van der Waals surface area contributed by atoms with Crippen LogP contribution in [0.3, 0.4) is 0 Å². The highest BCUT2D eigenvalue weighted by molar-refractivity contribution is 5.01. The lowest BCUT2D eigenvalue weighted by Gasteiger charge is -2.00. The van der Waals surface area contributed by atoms with Crippen LogP contribution in [0.5, 0.6) is 0 Å². The second-order valence-corrected chi connectivity index (χ2v) is 1.86. The molecular weight excluding hydrogens is 112 g/mol. The molecule has 0 saturated carbocycles. The molecule has 0 rings (SSSR count). The lowest BCUT2D eigenvalue weighted by Crippen LogP contribution is -2.20. The Bertz CT molecular complexity index is 97.1. The Morgan fingerprint density at radius 1 is 1.56 bits per heavy atom. The van der Waals surface area contributed by atoms with Crippen molar-refractivity contribution in [3.63, 3.8) is 0 Å². The van der Waals surface area contributed by atoms with Crippen LogP contribution in [0.25, 0.3) is 0 Å². The van der Waals surface area contributed by atoms with E-state index in [0.29, 0.717) is 6.54 Å². The highest BCUT2D eigenvalue weighted by Gasteiger charge is 1.91. The Morgan fingerprint density at radius 2 is 2.22 bits per heavy atom. The monoisotopic (exact) mass is 126 g/mol. The smallest absolute Gasteiger partial charge is 0.0238 e. The average molecular weight is 126 g/mol. The number of hydrogen-bond acceptors (Lipinski definition) is 2. The highest BCUT2D eigenvalue weighted by Crippen LogP contribution is 1.86. The topological polar surface area (TPSA) is 52.0 Å². The van der Waals surface area contributed by atoms with Gasteiger partial charge in [0.15, 0.2) is 0 Å². The van der Waals surface area contributed by atoms with E-state index in [1.807, 2.05) is 12.2 Å². The zero-order valence-corrected chi connectivity index (χ0v) is 5.59. The molecule has 0 spiro atoms. The maximum atomic E-state index is 5.56. The third kappa shape index (κ3) is 5.27. The van der Waals surface area contributed by atoms with Crippen molar-refractivity contribution in [3.8, 4) is 0 Å². The van der Waals surface area contributed by atoms with Gasteiger partial charge in [-0.15, -0.1) is 0 Å². The van der Waals surface area contributed by atoms with E-state index in [-0.39, 0.29) is 6.04 Å². The van der Waals surface area contributed by atoms with E-state index < -0.39 is 0 Å². The van der Waals surface area contributed by atoms with Gasteiger partial charge >= 0.3 is 0 Å². The van der Waals surface area contributed by atoms with Crippen molar-refractivity contribution in [1.82, 2.24) is 0 Å². The number of nitrogens with two attached hydrogens (primary N) is 2. The molecule has 0 radical (unpaired) electrons. The van der Waals surface area contributed by atoms with Gasteiger partial charge in [0, 0.05) is 6.04 Å². The second-order valence-electron chi connectivity index (χ2n) is 1.86. The van der Waals surface area contributed by atoms with Gasteiger partial charge in [0.2, 0.25) is 0 Å². The van der Waals surface area contributed by atoms with E-state index in [1.54, 1.807) is 6.08 Å². The van der Waals surface area contributed by atoms with Crippen molar-refractivity contribution in [2.75, 3.05) is 6.54 Å². The molecule has 0 heterocycles. The first-order valence-electron chi connectivity index (χ1n) is 3.06. The van der Waals surface area contributed by atoms with Gasteiger partial charge < -0.3 is 11.5 Å². The molecule has 9 heavy (non-hydrogen) atoms. The van der Waals surface area contributed by atoms with Crippen molar-refractivity contribution in [2.45, 2.75) is 12.5 Å². The highest BCUT2D eigenvalue weighted by atomic mass is 14.6. The van der Waals surface area contributed by atoms with Crippen LogP contribution in [0, 0.1) is 0 Å². The zero-order chi connectivity index (χ0) is 7.11. The van der Waals surface area contributed by atoms with E-state index in [2.05, 4.69) is 6.58 Å². The van der Waals surface area contributed by atoms with E-state index in [4.69, 9.17) is 11.5 Å². The molecule has 0 aliphatic rings. The van der Waals surface area contributed by atoms with Gasteiger partial charge in [0.1, 0.15) is 0 Å². The maximum Gasteiger partial charge on any atom is 0.0238 e. The Hall–Kier alpha value is -0.600. The van der Waals surface area contributed by atoms with E-state index >= 15 is 0 Å². The molecule has 0 aromatic rings. The summed E-state index contributed by atoms with van der Waals surface area (Å²) in [5.41, 5.74) is 10.8. The van der Waals surface area contributed by atoms with Crippen molar-refractivity contribution in [1.29, 1.82) is 0 Å². The predicted molar refractivity (Wildman–Crippen MR) is 41.0 cm³/mol. The van der Waals surface area contributed by atoms with Crippen LogP contribution >= 0.6 is 0 Å². The standard InChI is InChI=1S/C7H14N2/c1-2-3-4-7(9)5-6-8/h2-4,7H,1,5-6,8-9H2/b4-3-. The fraction of sp³-hybridized carbons (Fsp3) is 0.429. The van der Waals surface area contributed by atoms with Crippen LogP contribution < -0.4 is 11.5 Å². The summed E-state index contributed by atoms with van der Waals surface area (Å²) in [5, 5.41) is 0. The van der Waals surface area contributed by atoms with Gasteiger partial charge in [0.05, 0.1) is 0 Å². The first-order valence-corrected chi connectivity index (χ1v) is 3.06. The molecule has 52 valence electrons. The first kappa shape index (κ1) is 8.40. The minimum atomic E-state index is 0.0907. The normalized spacial score (nSPS) is 14.0. The first-order chi connectivity index (χ1) is 4.31. The number of rotatable bonds is 4. The van der Waals surface area contributed by atoms with Gasteiger partial charge in [0.25, 0.3) is 0 Å². The molecule has 0 aromatic carbocycles. The molecule has 2 heteroatoms. The molecule has 0 aromatic heterocycles. The summed E-state index contributed by atoms with van der Waals surface area (Å²) in [4.78, 5) is 0. The minimum Gasteiger partial charge on any atom is -0.330 e. The van der Waals surface area contributed by atoms with Crippen LogP contribution in [0.2, 0.25) is 0 Å². The fourth-order valence-electron chi connectivity index (χ4n) is 0.510. The van der Waals surface area contributed by atoms with Gasteiger partial charge in [-0.2, -0.15) is 0 Å². The van der Waals surface area contributed by atoms with Gasteiger partial charge in [-0.3, -0.25) is 0 Å². The molecular formula is C7H14N2. The SMILES string of the molecule is C=C/C=C\C(N)CCN. The largest absolute Gasteiger partial charge is 0.330 e. The summed E-state index contributed by atoms with van der Waals surface area (Å²) in [6, 6.07) is 0.0907. The Morgan fingerprint density at radius 3 is 2.67 bits per heavy atom. The summed E-state index contributed by atoms with van der Waals surface area (Å²) in [7, 11) is 0. The zero-order valence-electron chi connectivity index (χ0n) is 5.59. The molecule has 0 bridgehead atoms. The predicted octanol–water partition coefficient (Wildman–Crippen LogP) is 0.405. The summed E-state index contributed by atoms with van der Waals surface area (Å²) in [5.74, 6) is 0. The van der Waals surface area contributed by atoms with Gasteiger partial charge in [-0.1, -0.05) is 24.8 Å². The lowest BCUT2D eigenvalue weighted by molar-refractivity contribution is 0.731. The van der Waals surface area contributed by atoms with Crippen LogP contribution in [0.4, 0.5) is 0 Å². The van der Waals surface area contributed by atoms with E-state index in [9.17, 15) is 0 Å². The number of allylic oxidation sites excluding steroid dienone is 2. The molecule has 0 aliphatic carbocycles. The van der Waals surface area contributed by atoms with Crippen molar-refractivity contribution in [3.05, 3.63) is 24.8 Å². The van der Waals surface area contributed by atoms with Crippen LogP contribution in [0.1, 0.15) is 6.42 Å². The molecule has 4 N–H and O–H groups in total. The Balaban J connectivity index is 3.35. The Kier molecular flexibility index (Phi) is 5.17. The fourth-order valence-corrected chi connectivity index (χ4v) is 0.510. The van der Waals surface area contributed by atoms with E-state index in [1.165, 1.54) is 0 Å². The van der Waals surface area contributed by atoms with Crippen molar-refractivity contribution in [2.24, 2.45) is 11.5 Å². The second kappa shape index (κ2) is 5.54. The lowest BCUT2D eigenvalue weighted by atomic mass is 10.2. The minimum absolute atomic E-state index is 0.0907. The average Bonchev–Trinajstić information content (AvgIpc) is 1.85. The third-order valence-corrected chi connectivity index (χ3v) is 0.994. The van der Waals surface area contributed by atoms with Crippen LogP contribution in [0.15, 0.2) is 24.8 Å². The quantitative estimate of drug-likeness (QED) is 0.536. The third-order valence-electron chi connectivity index (χ3n) is 0.994. The Labute approximate surface area is 56.2 Å². The summed E-state index contributed by atoms with van der Waals surface area (Å²) in [6.07, 6.45) is 6.26. The molecule has 2 nitrogen and oxygen atoms in total. The number of hydrogen-bond donors (Lipinski definition) is 2. The van der Waals surface area contributed by atoms with E-state index in [0.717, 1.165) is 6.42 Å². The molecule has 0 saturated heterocycles. The molecule has 1 atom stereocenters.